The minimum atomic E-state index is -0.386. The molecule has 1 aliphatic rings. The highest BCUT2D eigenvalue weighted by atomic mass is 16.5. The summed E-state index contributed by atoms with van der Waals surface area (Å²) >= 11 is 0. The number of amides is 1. The number of carbonyl (C=O) groups excluding carboxylic acids is 1. The average Bonchev–Trinajstić information content (AvgIpc) is 2.50. The molecular weight excluding hydrogens is 252 g/mol. The van der Waals surface area contributed by atoms with E-state index >= 15 is 0 Å². The van der Waals surface area contributed by atoms with Gasteiger partial charge in [-0.25, -0.2) is 0 Å². The molecule has 0 radical (unpaired) electrons. The van der Waals surface area contributed by atoms with Crippen molar-refractivity contribution in [2.24, 2.45) is 5.73 Å². The van der Waals surface area contributed by atoms with Crippen LogP contribution in [0.4, 0.5) is 5.69 Å². The third-order valence-corrected chi connectivity index (χ3v) is 3.86. The van der Waals surface area contributed by atoms with Gasteiger partial charge in [0.25, 0.3) is 0 Å². The number of aryl methyl sites for hydroxylation is 1. The Balaban J connectivity index is 2.17. The molecule has 0 saturated heterocycles. The Labute approximate surface area is 120 Å². The Hall–Kier alpha value is -1.55. The van der Waals surface area contributed by atoms with Crippen molar-refractivity contribution in [2.75, 3.05) is 18.6 Å². The molecule has 1 aliphatic heterocycles. The molecule has 0 unspecified atom stereocenters. The van der Waals surface area contributed by atoms with Gasteiger partial charge in [0.05, 0.1) is 13.2 Å². The molecule has 0 aliphatic carbocycles. The van der Waals surface area contributed by atoms with Crippen molar-refractivity contribution in [3.63, 3.8) is 0 Å². The molecule has 2 rings (SSSR count). The average molecular weight is 276 g/mol. The van der Waals surface area contributed by atoms with E-state index in [0.29, 0.717) is 0 Å². The highest BCUT2D eigenvalue weighted by Gasteiger charge is 2.26. The maximum absolute atomic E-state index is 12.5. The van der Waals surface area contributed by atoms with Crippen molar-refractivity contribution in [1.29, 1.82) is 0 Å². The van der Waals surface area contributed by atoms with Gasteiger partial charge in [-0.3, -0.25) is 4.79 Å². The number of unbranched alkanes of at least 4 members (excludes halogenated alkanes) is 1. The molecule has 0 bridgehead atoms. The smallest absolute Gasteiger partial charge is 0.243 e. The second-order valence-corrected chi connectivity index (χ2v) is 5.34. The first kappa shape index (κ1) is 14.9. The lowest BCUT2D eigenvalue weighted by Gasteiger charge is -2.31. The van der Waals surface area contributed by atoms with Gasteiger partial charge in [0.15, 0.2) is 0 Å². The second-order valence-electron chi connectivity index (χ2n) is 5.34. The normalized spacial score (nSPS) is 15.7. The third kappa shape index (κ3) is 3.12. The van der Waals surface area contributed by atoms with Gasteiger partial charge in [0.1, 0.15) is 5.75 Å². The molecule has 1 amide bonds. The van der Waals surface area contributed by atoms with Crippen molar-refractivity contribution in [3.05, 3.63) is 23.8 Å². The molecule has 1 atom stereocenters. The minimum absolute atomic E-state index is 0.0459. The number of fused-ring (bicyclic) bond motifs is 1. The number of anilines is 1. The molecule has 0 saturated carbocycles. The van der Waals surface area contributed by atoms with Crippen molar-refractivity contribution in [1.82, 2.24) is 0 Å². The van der Waals surface area contributed by atoms with Crippen molar-refractivity contribution >= 4 is 11.6 Å². The number of rotatable bonds is 5. The summed E-state index contributed by atoms with van der Waals surface area (Å²) in [5.41, 5.74) is 8.20. The van der Waals surface area contributed by atoms with Crippen molar-refractivity contribution in [2.45, 2.75) is 45.1 Å². The number of methoxy groups -OCH3 is 1. The third-order valence-electron chi connectivity index (χ3n) is 3.86. The van der Waals surface area contributed by atoms with Crippen molar-refractivity contribution in [3.8, 4) is 5.75 Å². The Morgan fingerprint density at radius 1 is 1.50 bits per heavy atom. The van der Waals surface area contributed by atoms with E-state index in [1.165, 1.54) is 5.56 Å². The summed E-state index contributed by atoms with van der Waals surface area (Å²) in [4.78, 5) is 14.3. The van der Waals surface area contributed by atoms with Crippen LogP contribution < -0.4 is 15.4 Å². The highest BCUT2D eigenvalue weighted by Crippen LogP contribution is 2.31. The fourth-order valence-electron chi connectivity index (χ4n) is 2.68. The summed E-state index contributed by atoms with van der Waals surface area (Å²) in [6.07, 6.45) is 4.79. The van der Waals surface area contributed by atoms with Gasteiger partial charge in [-0.2, -0.15) is 0 Å². The molecule has 0 fully saturated rings. The lowest BCUT2D eigenvalue weighted by atomic mass is 9.99. The van der Waals surface area contributed by atoms with Crippen LogP contribution in [0.5, 0.6) is 5.75 Å². The summed E-state index contributed by atoms with van der Waals surface area (Å²) in [6.45, 7) is 2.87. The Morgan fingerprint density at radius 3 is 3.00 bits per heavy atom. The molecule has 4 heteroatoms. The summed E-state index contributed by atoms with van der Waals surface area (Å²) in [6, 6.07) is 5.51. The molecule has 110 valence electrons. The van der Waals surface area contributed by atoms with Crippen LogP contribution in [0.25, 0.3) is 0 Å². The molecule has 2 N–H and O–H groups in total. The van der Waals surface area contributed by atoms with Crippen LogP contribution in [0.3, 0.4) is 0 Å². The van der Waals surface area contributed by atoms with Gasteiger partial charge in [-0.05, 0) is 43.0 Å². The van der Waals surface area contributed by atoms with Gasteiger partial charge in [-0.1, -0.05) is 19.8 Å². The van der Waals surface area contributed by atoms with Crippen LogP contribution in [0.1, 0.15) is 38.2 Å². The SMILES string of the molecule is CCCC[C@H](N)C(=O)N1CCCc2cc(OC)ccc21. The van der Waals surface area contributed by atoms with Crippen LogP contribution in [0.2, 0.25) is 0 Å². The summed E-state index contributed by atoms with van der Waals surface area (Å²) < 4.78 is 5.25. The van der Waals surface area contributed by atoms with Gasteiger partial charge in [-0.15, -0.1) is 0 Å². The number of nitrogens with two attached hydrogens (primary N) is 1. The lowest BCUT2D eigenvalue weighted by molar-refractivity contribution is -0.120. The predicted molar refractivity (Wildman–Crippen MR) is 81.2 cm³/mol. The maximum Gasteiger partial charge on any atom is 0.243 e. The van der Waals surface area contributed by atoms with Gasteiger partial charge in [0, 0.05) is 12.2 Å². The second kappa shape index (κ2) is 6.75. The Bertz CT molecular complexity index is 474. The first-order chi connectivity index (χ1) is 9.67. The van der Waals surface area contributed by atoms with Crippen molar-refractivity contribution < 1.29 is 9.53 Å². The zero-order valence-corrected chi connectivity index (χ0v) is 12.4. The molecular formula is C16H24N2O2. The molecule has 4 nitrogen and oxygen atoms in total. The molecule has 1 aromatic carbocycles. The lowest BCUT2D eigenvalue weighted by Crippen LogP contribution is -2.46. The molecule has 0 spiro atoms. The summed E-state index contributed by atoms with van der Waals surface area (Å²) in [7, 11) is 1.66. The largest absolute Gasteiger partial charge is 0.497 e. The van der Waals surface area contributed by atoms with Gasteiger partial charge >= 0.3 is 0 Å². The molecule has 1 aromatic rings. The Kier molecular flexibility index (Phi) is 5.01. The quantitative estimate of drug-likeness (QED) is 0.899. The van der Waals surface area contributed by atoms with E-state index in [1.807, 2.05) is 23.1 Å². The first-order valence-corrected chi connectivity index (χ1v) is 7.41. The number of benzene rings is 1. The summed E-state index contributed by atoms with van der Waals surface area (Å²) in [5, 5.41) is 0. The molecule has 20 heavy (non-hydrogen) atoms. The topological polar surface area (TPSA) is 55.6 Å². The van der Waals surface area contributed by atoms with E-state index in [9.17, 15) is 4.79 Å². The number of hydrogen-bond donors (Lipinski definition) is 1. The van der Waals surface area contributed by atoms with E-state index in [1.54, 1.807) is 7.11 Å². The van der Waals surface area contributed by atoms with Crippen LogP contribution in [-0.2, 0) is 11.2 Å². The van der Waals surface area contributed by atoms with Crippen LogP contribution in [0, 0.1) is 0 Å². The Morgan fingerprint density at radius 2 is 2.30 bits per heavy atom. The first-order valence-electron chi connectivity index (χ1n) is 7.41. The zero-order valence-electron chi connectivity index (χ0n) is 12.4. The van der Waals surface area contributed by atoms with Gasteiger partial charge < -0.3 is 15.4 Å². The fraction of sp³-hybridized carbons (Fsp3) is 0.562. The minimum Gasteiger partial charge on any atom is -0.497 e. The van der Waals surface area contributed by atoms with Crippen LogP contribution in [-0.4, -0.2) is 25.6 Å². The van der Waals surface area contributed by atoms with E-state index in [0.717, 1.165) is 50.1 Å². The number of carbonyl (C=O) groups is 1. The van der Waals surface area contributed by atoms with Crippen LogP contribution >= 0.6 is 0 Å². The van der Waals surface area contributed by atoms with E-state index in [4.69, 9.17) is 10.5 Å². The standard InChI is InChI=1S/C16H24N2O2/c1-3-4-7-14(17)16(19)18-10-5-6-12-11-13(20-2)8-9-15(12)18/h8-9,11,14H,3-7,10,17H2,1-2H3/t14-/m0/s1. The number of ether oxygens (including phenoxy) is 1. The van der Waals surface area contributed by atoms with Crippen LogP contribution in [0.15, 0.2) is 18.2 Å². The fourth-order valence-corrected chi connectivity index (χ4v) is 2.68. The van der Waals surface area contributed by atoms with Gasteiger partial charge in [0.2, 0.25) is 5.91 Å². The monoisotopic (exact) mass is 276 g/mol. The summed E-state index contributed by atoms with van der Waals surface area (Å²) in [5.74, 6) is 0.887. The highest BCUT2D eigenvalue weighted by molar-refractivity contribution is 5.98. The molecule has 1 heterocycles. The zero-order chi connectivity index (χ0) is 14.5. The van der Waals surface area contributed by atoms with E-state index in [2.05, 4.69) is 6.92 Å². The predicted octanol–water partition coefficient (Wildman–Crippen LogP) is 2.49. The van der Waals surface area contributed by atoms with E-state index < -0.39 is 0 Å². The number of nitrogens with zero attached hydrogens (tertiary/aromatic N) is 1. The van der Waals surface area contributed by atoms with E-state index in [-0.39, 0.29) is 11.9 Å². The molecule has 0 aromatic heterocycles. The maximum atomic E-state index is 12.5. The number of hydrogen-bond acceptors (Lipinski definition) is 3.